The standard InChI is InChI=1S/C19H25N3O3S/c1-13-6-5-7-18(15(13)3)22-26(24,25)17-10-8-16(9-11-17)19(23)21-12-14(2)20-4/h5-11,14,20,22H,12H2,1-4H3,(H,21,23). The summed E-state index contributed by atoms with van der Waals surface area (Å²) in [7, 11) is -1.90. The molecule has 0 fully saturated rings. The molecule has 2 aromatic rings. The SMILES string of the molecule is CNC(C)CNC(=O)c1ccc(S(=O)(=O)Nc2cccc(C)c2C)cc1. The number of hydrogen-bond acceptors (Lipinski definition) is 4. The maximum absolute atomic E-state index is 12.6. The number of amides is 1. The number of rotatable bonds is 7. The topological polar surface area (TPSA) is 87.3 Å². The van der Waals surface area contributed by atoms with Gasteiger partial charge in [-0.15, -0.1) is 0 Å². The largest absolute Gasteiger partial charge is 0.350 e. The lowest BCUT2D eigenvalue weighted by atomic mass is 10.1. The smallest absolute Gasteiger partial charge is 0.261 e. The summed E-state index contributed by atoms with van der Waals surface area (Å²) in [4.78, 5) is 12.2. The third-order valence-corrected chi connectivity index (χ3v) is 5.72. The minimum Gasteiger partial charge on any atom is -0.350 e. The van der Waals surface area contributed by atoms with Crippen LogP contribution in [0.15, 0.2) is 47.4 Å². The molecule has 0 heterocycles. The van der Waals surface area contributed by atoms with Gasteiger partial charge in [0.05, 0.1) is 10.6 Å². The highest BCUT2D eigenvalue weighted by Gasteiger charge is 2.16. The van der Waals surface area contributed by atoms with Crippen LogP contribution in [0.25, 0.3) is 0 Å². The van der Waals surface area contributed by atoms with Gasteiger partial charge in [-0.3, -0.25) is 9.52 Å². The Hall–Kier alpha value is -2.38. The molecule has 7 heteroatoms. The summed E-state index contributed by atoms with van der Waals surface area (Å²) in [6.07, 6.45) is 0. The van der Waals surface area contributed by atoms with Crippen molar-refractivity contribution in [1.82, 2.24) is 10.6 Å². The number of hydrogen-bond donors (Lipinski definition) is 3. The molecular weight excluding hydrogens is 350 g/mol. The molecule has 1 amide bonds. The van der Waals surface area contributed by atoms with Gasteiger partial charge >= 0.3 is 0 Å². The maximum Gasteiger partial charge on any atom is 0.261 e. The summed E-state index contributed by atoms with van der Waals surface area (Å²) >= 11 is 0. The summed E-state index contributed by atoms with van der Waals surface area (Å²) in [5.74, 6) is -0.237. The second-order valence-corrected chi connectivity index (χ2v) is 7.96. The molecule has 1 unspecified atom stereocenters. The van der Waals surface area contributed by atoms with E-state index in [0.717, 1.165) is 11.1 Å². The number of sulfonamides is 1. The Kier molecular flexibility index (Phi) is 6.39. The van der Waals surface area contributed by atoms with Crippen molar-refractivity contribution in [3.05, 3.63) is 59.2 Å². The van der Waals surface area contributed by atoms with E-state index in [4.69, 9.17) is 0 Å². The van der Waals surface area contributed by atoms with Crippen LogP contribution in [0.1, 0.15) is 28.4 Å². The Balaban J connectivity index is 2.13. The highest BCUT2D eigenvalue weighted by atomic mass is 32.2. The third-order valence-electron chi connectivity index (χ3n) is 4.34. The number of benzene rings is 2. The fraction of sp³-hybridized carbons (Fsp3) is 0.316. The molecule has 0 bridgehead atoms. The van der Waals surface area contributed by atoms with Crippen molar-refractivity contribution < 1.29 is 13.2 Å². The maximum atomic E-state index is 12.6. The average molecular weight is 375 g/mol. The molecule has 0 aliphatic heterocycles. The van der Waals surface area contributed by atoms with Gasteiger partial charge in [-0.25, -0.2) is 8.42 Å². The van der Waals surface area contributed by atoms with E-state index in [2.05, 4.69) is 15.4 Å². The molecule has 0 spiro atoms. The van der Waals surface area contributed by atoms with Gasteiger partial charge in [0.2, 0.25) is 0 Å². The molecular formula is C19H25N3O3S. The molecule has 0 aromatic heterocycles. The van der Waals surface area contributed by atoms with E-state index in [1.807, 2.05) is 33.9 Å². The van der Waals surface area contributed by atoms with Crippen molar-refractivity contribution in [1.29, 1.82) is 0 Å². The van der Waals surface area contributed by atoms with E-state index >= 15 is 0 Å². The van der Waals surface area contributed by atoms with Gasteiger partial charge < -0.3 is 10.6 Å². The van der Waals surface area contributed by atoms with Gasteiger partial charge in [0.1, 0.15) is 0 Å². The molecule has 140 valence electrons. The second kappa shape index (κ2) is 8.33. The van der Waals surface area contributed by atoms with Crippen molar-refractivity contribution in [2.24, 2.45) is 0 Å². The van der Waals surface area contributed by atoms with Gasteiger partial charge in [-0.1, -0.05) is 12.1 Å². The molecule has 0 aliphatic carbocycles. The number of likely N-dealkylation sites (N-methyl/N-ethyl adjacent to an activating group) is 1. The summed E-state index contributed by atoms with van der Waals surface area (Å²) in [6, 6.07) is 11.5. The van der Waals surface area contributed by atoms with Gasteiger partial charge in [0, 0.05) is 18.2 Å². The van der Waals surface area contributed by atoms with Crippen LogP contribution in [-0.4, -0.2) is 34.0 Å². The Bertz CT molecular complexity index is 877. The zero-order valence-corrected chi connectivity index (χ0v) is 16.3. The fourth-order valence-corrected chi connectivity index (χ4v) is 3.42. The fourth-order valence-electron chi connectivity index (χ4n) is 2.30. The quantitative estimate of drug-likeness (QED) is 0.694. The van der Waals surface area contributed by atoms with Crippen LogP contribution < -0.4 is 15.4 Å². The number of carbonyl (C=O) groups excluding carboxylic acids is 1. The van der Waals surface area contributed by atoms with Crippen LogP contribution in [0.3, 0.4) is 0 Å². The minimum atomic E-state index is -3.72. The molecule has 0 saturated carbocycles. The van der Waals surface area contributed by atoms with Crippen LogP contribution in [0, 0.1) is 13.8 Å². The zero-order valence-electron chi connectivity index (χ0n) is 15.5. The highest BCUT2D eigenvalue weighted by molar-refractivity contribution is 7.92. The lowest BCUT2D eigenvalue weighted by Gasteiger charge is -2.13. The Morgan fingerprint density at radius 2 is 1.73 bits per heavy atom. The van der Waals surface area contributed by atoms with Gasteiger partial charge in [-0.2, -0.15) is 0 Å². The highest BCUT2D eigenvalue weighted by Crippen LogP contribution is 2.22. The van der Waals surface area contributed by atoms with Crippen LogP contribution in [0.4, 0.5) is 5.69 Å². The van der Waals surface area contributed by atoms with Crippen LogP contribution in [0.2, 0.25) is 0 Å². The third kappa shape index (κ3) is 4.83. The predicted molar refractivity (Wildman–Crippen MR) is 104 cm³/mol. The predicted octanol–water partition coefficient (Wildman–Crippen LogP) is 2.44. The number of aryl methyl sites for hydroxylation is 1. The zero-order chi connectivity index (χ0) is 19.3. The summed E-state index contributed by atoms with van der Waals surface area (Å²) < 4.78 is 27.8. The van der Waals surface area contributed by atoms with E-state index in [0.29, 0.717) is 17.8 Å². The Morgan fingerprint density at radius 1 is 1.08 bits per heavy atom. The first kappa shape index (κ1) is 19.9. The Morgan fingerprint density at radius 3 is 2.35 bits per heavy atom. The van der Waals surface area contributed by atoms with E-state index in [1.165, 1.54) is 24.3 Å². The van der Waals surface area contributed by atoms with Crippen LogP contribution in [0.5, 0.6) is 0 Å². The van der Waals surface area contributed by atoms with Gasteiger partial charge in [0.15, 0.2) is 0 Å². The normalized spacial score (nSPS) is 12.5. The first-order valence-electron chi connectivity index (χ1n) is 8.39. The number of anilines is 1. The number of nitrogens with one attached hydrogen (secondary N) is 3. The molecule has 26 heavy (non-hydrogen) atoms. The molecule has 0 saturated heterocycles. The molecule has 1 atom stereocenters. The Labute approximate surface area is 155 Å². The van der Waals surface area contributed by atoms with E-state index in [-0.39, 0.29) is 16.8 Å². The van der Waals surface area contributed by atoms with E-state index in [9.17, 15) is 13.2 Å². The molecule has 3 N–H and O–H groups in total. The van der Waals surface area contributed by atoms with Crippen molar-refractivity contribution >= 4 is 21.6 Å². The van der Waals surface area contributed by atoms with E-state index in [1.54, 1.807) is 12.1 Å². The average Bonchev–Trinajstić information content (AvgIpc) is 2.63. The molecule has 0 aliphatic rings. The van der Waals surface area contributed by atoms with Gasteiger partial charge in [-0.05, 0) is 69.3 Å². The summed E-state index contributed by atoms with van der Waals surface area (Å²) in [5.41, 5.74) is 2.85. The molecule has 6 nitrogen and oxygen atoms in total. The minimum absolute atomic E-state index is 0.110. The molecule has 2 rings (SSSR count). The van der Waals surface area contributed by atoms with Crippen molar-refractivity contribution in [2.45, 2.75) is 31.7 Å². The molecule has 0 radical (unpaired) electrons. The van der Waals surface area contributed by atoms with Crippen LogP contribution in [-0.2, 0) is 10.0 Å². The number of carbonyl (C=O) groups is 1. The second-order valence-electron chi connectivity index (χ2n) is 6.28. The van der Waals surface area contributed by atoms with Crippen LogP contribution >= 0.6 is 0 Å². The van der Waals surface area contributed by atoms with Crippen molar-refractivity contribution in [2.75, 3.05) is 18.3 Å². The van der Waals surface area contributed by atoms with E-state index < -0.39 is 10.0 Å². The summed E-state index contributed by atoms with van der Waals surface area (Å²) in [6.45, 7) is 6.24. The first-order chi connectivity index (χ1) is 12.2. The lowest BCUT2D eigenvalue weighted by Crippen LogP contribution is -2.37. The lowest BCUT2D eigenvalue weighted by molar-refractivity contribution is 0.0950. The van der Waals surface area contributed by atoms with Crippen molar-refractivity contribution in [3.63, 3.8) is 0 Å². The van der Waals surface area contributed by atoms with Gasteiger partial charge in [0.25, 0.3) is 15.9 Å². The molecule has 2 aromatic carbocycles. The monoisotopic (exact) mass is 375 g/mol. The summed E-state index contributed by atoms with van der Waals surface area (Å²) in [5, 5.41) is 5.82. The first-order valence-corrected chi connectivity index (χ1v) is 9.87. The van der Waals surface area contributed by atoms with Crippen molar-refractivity contribution in [3.8, 4) is 0 Å².